The van der Waals surface area contributed by atoms with Crippen LogP contribution in [0.5, 0.6) is 11.5 Å². The summed E-state index contributed by atoms with van der Waals surface area (Å²) in [6, 6.07) is 19.0. The van der Waals surface area contributed by atoms with Crippen LogP contribution in [0.4, 0.5) is 5.69 Å². The first-order valence-corrected chi connectivity index (χ1v) is 13.8. The van der Waals surface area contributed by atoms with Crippen molar-refractivity contribution in [2.24, 2.45) is 5.92 Å². The summed E-state index contributed by atoms with van der Waals surface area (Å²) in [4.78, 5) is 44.5. The highest BCUT2D eigenvalue weighted by Crippen LogP contribution is 2.28. The van der Waals surface area contributed by atoms with Crippen LogP contribution >= 0.6 is 0 Å². The molecule has 10 heteroatoms. The largest absolute Gasteiger partial charge is 0.493 e. The zero-order chi connectivity index (χ0) is 30.2. The molecule has 0 fully saturated rings. The highest BCUT2D eigenvalue weighted by molar-refractivity contribution is 5.96. The van der Waals surface area contributed by atoms with E-state index in [1.165, 1.54) is 29.2 Å². The summed E-state index contributed by atoms with van der Waals surface area (Å²) in [5.41, 5.74) is 3.17. The van der Waals surface area contributed by atoms with E-state index in [1.54, 1.807) is 25.2 Å². The standard InChI is InChI=1S/C32H36N4O6/c1-22(2)19-35(32(38)24-10-12-26(13-11-24)36(39)40)21-31(37)34(20-23-9-14-29(41-3)30(17-23)42-4)16-15-25-18-33-28-8-6-5-7-27(25)28/h5-14,17-18,22,33H,15-16,19-21H2,1-4H3. The number of methoxy groups -OCH3 is 2. The van der Waals surface area contributed by atoms with Crippen LogP contribution in [0.2, 0.25) is 0 Å². The first-order chi connectivity index (χ1) is 20.2. The molecule has 0 atom stereocenters. The number of para-hydroxylation sites is 1. The van der Waals surface area contributed by atoms with Crippen molar-refractivity contribution in [3.63, 3.8) is 0 Å². The van der Waals surface area contributed by atoms with Gasteiger partial charge < -0.3 is 24.3 Å². The molecule has 4 rings (SSSR count). The zero-order valence-corrected chi connectivity index (χ0v) is 24.3. The molecular formula is C32H36N4O6. The van der Waals surface area contributed by atoms with Crippen molar-refractivity contribution in [1.29, 1.82) is 0 Å². The number of nitro benzene ring substituents is 1. The molecule has 1 heterocycles. The molecular weight excluding hydrogens is 536 g/mol. The molecule has 4 aromatic rings. The van der Waals surface area contributed by atoms with Crippen molar-refractivity contribution >= 4 is 28.4 Å². The topological polar surface area (TPSA) is 118 Å². The first kappa shape index (κ1) is 30.1. The van der Waals surface area contributed by atoms with E-state index in [9.17, 15) is 19.7 Å². The van der Waals surface area contributed by atoms with E-state index in [0.717, 1.165) is 22.0 Å². The Morgan fingerprint density at radius 3 is 2.33 bits per heavy atom. The van der Waals surface area contributed by atoms with Gasteiger partial charge in [-0.3, -0.25) is 19.7 Å². The quantitative estimate of drug-likeness (QED) is 0.168. The number of aromatic nitrogens is 1. The van der Waals surface area contributed by atoms with Crippen LogP contribution in [0.25, 0.3) is 10.9 Å². The molecule has 0 saturated heterocycles. The monoisotopic (exact) mass is 572 g/mol. The van der Waals surface area contributed by atoms with Gasteiger partial charge in [0.2, 0.25) is 5.91 Å². The molecule has 0 unspecified atom stereocenters. The van der Waals surface area contributed by atoms with E-state index in [0.29, 0.717) is 43.1 Å². The van der Waals surface area contributed by atoms with E-state index in [2.05, 4.69) is 11.1 Å². The van der Waals surface area contributed by atoms with Crippen molar-refractivity contribution in [2.45, 2.75) is 26.8 Å². The number of aromatic amines is 1. The Morgan fingerprint density at radius 2 is 1.67 bits per heavy atom. The summed E-state index contributed by atoms with van der Waals surface area (Å²) in [6.45, 7) is 4.90. The number of nitrogens with one attached hydrogen (secondary N) is 1. The summed E-state index contributed by atoms with van der Waals surface area (Å²) >= 11 is 0. The predicted octanol–water partition coefficient (Wildman–Crippen LogP) is 5.46. The highest BCUT2D eigenvalue weighted by Gasteiger charge is 2.24. The number of nitro groups is 1. The number of ether oxygens (including phenoxy) is 2. The molecule has 42 heavy (non-hydrogen) atoms. The maximum Gasteiger partial charge on any atom is 0.269 e. The van der Waals surface area contributed by atoms with Crippen LogP contribution in [0, 0.1) is 16.0 Å². The Labute approximate surface area is 245 Å². The zero-order valence-electron chi connectivity index (χ0n) is 24.3. The van der Waals surface area contributed by atoms with E-state index in [-0.39, 0.29) is 30.0 Å². The van der Waals surface area contributed by atoms with Gasteiger partial charge in [0.25, 0.3) is 11.6 Å². The summed E-state index contributed by atoms with van der Waals surface area (Å²) in [6.07, 6.45) is 2.58. The summed E-state index contributed by atoms with van der Waals surface area (Å²) in [7, 11) is 3.13. The third-order valence-electron chi connectivity index (χ3n) is 7.02. The molecule has 10 nitrogen and oxygen atoms in total. The molecule has 0 aliphatic heterocycles. The van der Waals surface area contributed by atoms with E-state index >= 15 is 0 Å². The van der Waals surface area contributed by atoms with Gasteiger partial charge in [-0.05, 0) is 53.8 Å². The Hall–Kier alpha value is -4.86. The fourth-order valence-electron chi connectivity index (χ4n) is 4.92. The fourth-order valence-corrected chi connectivity index (χ4v) is 4.92. The molecule has 0 bridgehead atoms. The lowest BCUT2D eigenvalue weighted by molar-refractivity contribution is -0.384. The van der Waals surface area contributed by atoms with Crippen LogP contribution in [-0.4, -0.2) is 65.4 Å². The minimum atomic E-state index is -0.511. The number of hydrogen-bond donors (Lipinski definition) is 1. The number of amides is 2. The minimum Gasteiger partial charge on any atom is -0.493 e. The maximum absolute atomic E-state index is 13.9. The second-order valence-electron chi connectivity index (χ2n) is 10.5. The van der Waals surface area contributed by atoms with Crippen LogP contribution < -0.4 is 9.47 Å². The molecule has 0 aliphatic rings. The second-order valence-corrected chi connectivity index (χ2v) is 10.5. The lowest BCUT2D eigenvalue weighted by Crippen LogP contribution is -2.44. The number of H-pyrrole nitrogens is 1. The van der Waals surface area contributed by atoms with Gasteiger partial charge in [0, 0.05) is 54.4 Å². The average molecular weight is 573 g/mol. The number of nitrogens with zero attached hydrogens (tertiary/aromatic N) is 3. The van der Waals surface area contributed by atoms with Gasteiger partial charge in [-0.25, -0.2) is 0 Å². The van der Waals surface area contributed by atoms with E-state index in [4.69, 9.17) is 9.47 Å². The SMILES string of the molecule is COc1ccc(CN(CCc2c[nH]c3ccccc23)C(=O)CN(CC(C)C)C(=O)c2ccc([N+](=O)[O-])cc2)cc1OC. The number of hydrogen-bond acceptors (Lipinski definition) is 6. The molecule has 1 N–H and O–H groups in total. The Bertz CT molecular complexity index is 1550. The number of rotatable bonds is 13. The minimum absolute atomic E-state index is 0.101. The van der Waals surface area contributed by atoms with Crippen LogP contribution in [0.1, 0.15) is 35.3 Å². The van der Waals surface area contributed by atoms with Gasteiger partial charge in [-0.2, -0.15) is 0 Å². The predicted molar refractivity (Wildman–Crippen MR) is 161 cm³/mol. The fraction of sp³-hybridized carbons (Fsp3) is 0.312. The van der Waals surface area contributed by atoms with Gasteiger partial charge in [0.1, 0.15) is 6.54 Å². The van der Waals surface area contributed by atoms with Gasteiger partial charge >= 0.3 is 0 Å². The molecule has 2 amide bonds. The summed E-state index contributed by atoms with van der Waals surface area (Å²) in [5, 5.41) is 12.2. The normalized spacial score (nSPS) is 11.0. The Balaban J connectivity index is 1.59. The van der Waals surface area contributed by atoms with Crippen molar-refractivity contribution in [1.82, 2.24) is 14.8 Å². The molecule has 220 valence electrons. The highest BCUT2D eigenvalue weighted by atomic mass is 16.6. The van der Waals surface area contributed by atoms with Crippen molar-refractivity contribution in [3.8, 4) is 11.5 Å². The van der Waals surface area contributed by atoms with Gasteiger partial charge in [0.15, 0.2) is 11.5 Å². The number of carbonyl (C=O) groups excluding carboxylic acids is 2. The van der Waals surface area contributed by atoms with E-state index < -0.39 is 4.92 Å². The van der Waals surface area contributed by atoms with Crippen LogP contribution in [-0.2, 0) is 17.8 Å². The Kier molecular flexibility index (Phi) is 9.80. The van der Waals surface area contributed by atoms with Gasteiger partial charge in [0.05, 0.1) is 19.1 Å². The molecule has 1 aromatic heterocycles. The molecule has 0 spiro atoms. The smallest absolute Gasteiger partial charge is 0.269 e. The van der Waals surface area contributed by atoms with Crippen LogP contribution in [0.3, 0.4) is 0 Å². The van der Waals surface area contributed by atoms with Crippen LogP contribution in [0.15, 0.2) is 72.9 Å². The molecule has 0 saturated carbocycles. The molecule has 3 aromatic carbocycles. The summed E-state index contributed by atoms with van der Waals surface area (Å²) in [5.74, 6) is 0.698. The number of benzene rings is 3. The number of fused-ring (bicyclic) bond motifs is 1. The second kappa shape index (κ2) is 13.7. The maximum atomic E-state index is 13.9. The Morgan fingerprint density at radius 1 is 0.952 bits per heavy atom. The lowest BCUT2D eigenvalue weighted by Gasteiger charge is -2.29. The first-order valence-electron chi connectivity index (χ1n) is 13.8. The molecule has 0 radical (unpaired) electrons. The lowest BCUT2D eigenvalue weighted by atomic mass is 10.1. The van der Waals surface area contributed by atoms with Crippen molar-refractivity contribution in [3.05, 3.63) is 99.7 Å². The third-order valence-corrected chi connectivity index (χ3v) is 7.02. The molecule has 0 aliphatic carbocycles. The number of non-ortho nitro benzene ring substituents is 1. The van der Waals surface area contributed by atoms with Crippen molar-refractivity contribution < 1.29 is 24.0 Å². The summed E-state index contributed by atoms with van der Waals surface area (Å²) < 4.78 is 10.8. The van der Waals surface area contributed by atoms with Crippen molar-refractivity contribution in [2.75, 3.05) is 33.9 Å². The van der Waals surface area contributed by atoms with Gasteiger partial charge in [-0.1, -0.05) is 38.1 Å². The third kappa shape index (κ3) is 7.25. The van der Waals surface area contributed by atoms with Gasteiger partial charge in [-0.15, -0.1) is 0 Å². The van der Waals surface area contributed by atoms with E-state index in [1.807, 2.05) is 50.4 Å². The number of carbonyl (C=O) groups is 2. The average Bonchev–Trinajstić information content (AvgIpc) is 3.41.